The Balaban J connectivity index is 1.59. The maximum absolute atomic E-state index is 13.7. The molecule has 4 rings (SSSR count). The molecule has 0 saturated carbocycles. The van der Waals surface area contributed by atoms with Crippen LogP contribution in [0.25, 0.3) is 10.2 Å². The summed E-state index contributed by atoms with van der Waals surface area (Å²) in [4.78, 5) is 22.7. The Hall–Kier alpha value is -3.02. The van der Waals surface area contributed by atoms with Gasteiger partial charge >= 0.3 is 0 Å². The summed E-state index contributed by atoms with van der Waals surface area (Å²) in [7, 11) is 0. The molecule has 3 aromatic carbocycles. The van der Waals surface area contributed by atoms with Crippen molar-refractivity contribution in [3.63, 3.8) is 0 Å². The smallest absolute Gasteiger partial charge is 0.260 e. The molecule has 0 aliphatic carbocycles. The summed E-state index contributed by atoms with van der Waals surface area (Å²) in [6.07, 6.45) is 1.85. The molecule has 1 heterocycles. The lowest BCUT2D eigenvalue weighted by molar-refractivity contribution is 0.0984. The van der Waals surface area contributed by atoms with E-state index in [1.807, 2.05) is 23.1 Å². The number of carbonyl (C=O) groups excluding carboxylic acids is 1. The number of aromatic nitrogens is 1. The van der Waals surface area contributed by atoms with E-state index in [0.29, 0.717) is 12.1 Å². The van der Waals surface area contributed by atoms with Crippen LogP contribution in [0, 0.1) is 0 Å². The lowest BCUT2D eigenvalue weighted by Gasteiger charge is -2.24. The number of rotatable bonds is 10. The minimum Gasteiger partial charge on any atom is -0.302 e. The highest BCUT2D eigenvalue weighted by Crippen LogP contribution is 2.30. The normalized spacial score (nSPS) is 11.3. The number of hydrogen-bond donors (Lipinski definition) is 0. The van der Waals surface area contributed by atoms with E-state index >= 15 is 0 Å². The van der Waals surface area contributed by atoms with Gasteiger partial charge in [0.05, 0.1) is 10.2 Å². The van der Waals surface area contributed by atoms with Crippen molar-refractivity contribution < 1.29 is 4.79 Å². The Bertz CT molecular complexity index is 1210. The van der Waals surface area contributed by atoms with Gasteiger partial charge in [0.25, 0.3) is 5.91 Å². The predicted octanol–water partition coefficient (Wildman–Crippen LogP) is 6.44. The van der Waals surface area contributed by atoms with Crippen LogP contribution in [0.4, 0.5) is 5.13 Å². The molecule has 0 unspecified atom stereocenters. The summed E-state index contributed by atoms with van der Waals surface area (Å²) >= 11 is 1.61. The Labute approximate surface area is 206 Å². The molecule has 0 atom stereocenters. The number of thiazole rings is 1. The highest BCUT2D eigenvalue weighted by molar-refractivity contribution is 7.22. The third-order valence-electron chi connectivity index (χ3n) is 6.31. The van der Waals surface area contributed by atoms with Gasteiger partial charge in [-0.2, -0.15) is 0 Å². The lowest BCUT2D eigenvalue weighted by atomic mass is 10.0. The summed E-state index contributed by atoms with van der Waals surface area (Å²) in [5.41, 5.74) is 5.41. The van der Waals surface area contributed by atoms with Gasteiger partial charge in [-0.1, -0.05) is 80.6 Å². The zero-order valence-corrected chi connectivity index (χ0v) is 21.1. The molecule has 0 fully saturated rings. The number of anilines is 1. The topological polar surface area (TPSA) is 36.4 Å². The van der Waals surface area contributed by atoms with Crippen LogP contribution in [-0.4, -0.2) is 42.0 Å². The summed E-state index contributed by atoms with van der Waals surface area (Å²) < 4.78 is 1.13. The summed E-state index contributed by atoms with van der Waals surface area (Å²) in [5, 5.41) is 0.772. The fourth-order valence-electron chi connectivity index (χ4n) is 4.11. The minimum absolute atomic E-state index is 0.00758. The third-order valence-corrected chi connectivity index (χ3v) is 7.35. The number of benzene rings is 3. The first-order valence-corrected chi connectivity index (χ1v) is 13.0. The van der Waals surface area contributed by atoms with Gasteiger partial charge in [0.2, 0.25) is 0 Å². The van der Waals surface area contributed by atoms with Crippen molar-refractivity contribution >= 4 is 32.6 Å². The Morgan fingerprint density at radius 3 is 2.18 bits per heavy atom. The molecule has 0 aliphatic heterocycles. The van der Waals surface area contributed by atoms with Gasteiger partial charge in [-0.25, -0.2) is 4.98 Å². The average Bonchev–Trinajstić information content (AvgIpc) is 3.30. The van der Waals surface area contributed by atoms with E-state index in [0.717, 1.165) is 47.8 Å². The Kier molecular flexibility index (Phi) is 8.09. The van der Waals surface area contributed by atoms with Gasteiger partial charge in [0, 0.05) is 18.7 Å². The Morgan fingerprint density at radius 1 is 0.824 bits per heavy atom. The largest absolute Gasteiger partial charge is 0.302 e. The molecule has 5 heteroatoms. The van der Waals surface area contributed by atoms with Crippen LogP contribution in [0.15, 0.2) is 72.8 Å². The van der Waals surface area contributed by atoms with Crippen molar-refractivity contribution in [3.8, 4) is 0 Å². The van der Waals surface area contributed by atoms with E-state index in [1.165, 1.54) is 16.7 Å². The molecular weight excluding hydrogens is 438 g/mol. The molecule has 1 amide bonds. The van der Waals surface area contributed by atoms with E-state index in [9.17, 15) is 4.79 Å². The fraction of sp³-hybridized carbons (Fsp3) is 0.310. The van der Waals surface area contributed by atoms with Gasteiger partial charge in [-0.05, 0) is 66.9 Å². The number of amides is 1. The van der Waals surface area contributed by atoms with Crippen LogP contribution in [0.2, 0.25) is 0 Å². The number of fused-ring (bicyclic) bond motifs is 1. The second kappa shape index (κ2) is 11.4. The molecule has 4 aromatic rings. The number of likely N-dealkylation sites (N-methyl/N-ethyl adjacent to an activating group) is 1. The van der Waals surface area contributed by atoms with Crippen molar-refractivity contribution in [3.05, 3.63) is 95.1 Å². The van der Waals surface area contributed by atoms with Crippen LogP contribution in [0.5, 0.6) is 0 Å². The summed E-state index contributed by atoms with van der Waals surface area (Å²) in [5.74, 6) is 0.00758. The molecule has 0 radical (unpaired) electrons. The van der Waals surface area contributed by atoms with Gasteiger partial charge < -0.3 is 4.90 Å². The first-order valence-electron chi connectivity index (χ1n) is 12.2. The zero-order valence-electron chi connectivity index (χ0n) is 20.3. The highest BCUT2D eigenvalue weighted by Gasteiger charge is 2.22. The standard InChI is InChI=1S/C29H33N3OS/c1-4-22-14-17-26-27(21-22)34-29(30-26)32(19-18-31(5-2)6-3)28(33)25-15-12-24(13-16-25)20-23-10-8-7-9-11-23/h7-17,21H,4-6,18-20H2,1-3H3. The molecule has 0 spiro atoms. The van der Waals surface area contributed by atoms with E-state index in [-0.39, 0.29) is 5.91 Å². The first kappa shape index (κ1) is 24.1. The number of hydrogen-bond acceptors (Lipinski definition) is 4. The van der Waals surface area contributed by atoms with Crippen LogP contribution < -0.4 is 4.90 Å². The quantitative estimate of drug-likeness (QED) is 0.267. The maximum Gasteiger partial charge on any atom is 0.260 e. The molecular formula is C29H33N3OS. The van der Waals surface area contributed by atoms with Crippen LogP contribution in [-0.2, 0) is 12.8 Å². The SMILES string of the molecule is CCc1ccc2nc(N(CCN(CC)CC)C(=O)c3ccc(Cc4ccccc4)cc3)sc2c1. The molecule has 34 heavy (non-hydrogen) atoms. The fourth-order valence-corrected chi connectivity index (χ4v) is 5.16. The first-order chi connectivity index (χ1) is 16.6. The van der Waals surface area contributed by atoms with E-state index in [1.54, 1.807) is 11.3 Å². The van der Waals surface area contributed by atoms with Crippen molar-refractivity contribution in [1.82, 2.24) is 9.88 Å². The molecule has 4 nitrogen and oxygen atoms in total. The minimum atomic E-state index is 0.00758. The molecule has 0 bridgehead atoms. The van der Waals surface area contributed by atoms with Crippen molar-refractivity contribution in [2.75, 3.05) is 31.1 Å². The Morgan fingerprint density at radius 2 is 1.50 bits per heavy atom. The predicted molar refractivity (Wildman–Crippen MR) is 144 cm³/mol. The zero-order chi connectivity index (χ0) is 23.9. The highest BCUT2D eigenvalue weighted by atomic mass is 32.1. The van der Waals surface area contributed by atoms with Crippen molar-refractivity contribution in [2.45, 2.75) is 33.6 Å². The number of aryl methyl sites for hydroxylation is 1. The lowest BCUT2D eigenvalue weighted by Crippen LogP contribution is -2.38. The van der Waals surface area contributed by atoms with Gasteiger partial charge in [-0.3, -0.25) is 9.69 Å². The monoisotopic (exact) mass is 471 g/mol. The van der Waals surface area contributed by atoms with Crippen LogP contribution in [0.3, 0.4) is 0 Å². The number of nitrogens with zero attached hydrogens (tertiary/aromatic N) is 3. The second-order valence-corrected chi connectivity index (χ2v) is 9.50. The van der Waals surface area contributed by atoms with E-state index < -0.39 is 0 Å². The maximum atomic E-state index is 13.7. The summed E-state index contributed by atoms with van der Waals surface area (Å²) in [6, 6.07) is 24.8. The summed E-state index contributed by atoms with van der Waals surface area (Å²) in [6.45, 7) is 9.84. The molecule has 0 N–H and O–H groups in total. The van der Waals surface area contributed by atoms with Gasteiger partial charge in [-0.15, -0.1) is 0 Å². The third kappa shape index (κ3) is 5.72. The van der Waals surface area contributed by atoms with Crippen molar-refractivity contribution in [1.29, 1.82) is 0 Å². The average molecular weight is 472 g/mol. The van der Waals surface area contributed by atoms with Gasteiger partial charge in [0.15, 0.2) is 5.13 Å². The number of carbonyl (C=O) groups is 1. The molecule has 0 aliphatic rings. The van der Waals surface area contributed by atoms with Crippen LogP contribution in [0.1, 0.15) is 47.8 Å². The van der Waals surface area contributed by atoms with E-state index in [2.05, 4.69) is 80.3 Å². The second-order valence-electron chi connectivity index (χ2n) is 8.50. The van der Waals surface area contributed by atoms with Crippen LogP contribution >= 0.6 is 11.3 Å². The van der Waals surface area contributed by atoms with Gasteiger partial charge in [0.1, 0.15) is 0 Å². The molecule has 176 valence electrons. The van der Waals surface area contributed by atoms with E-state index in [4.69, 9.17) is 4.98 Å². The molecule has 0 saturated heterocycles. The van der Waals surface area contributed by atoms with Crippen molar-refractivity contribution in [2.24, 2.45) is 0 Å². The molecule has 1 aromatic heterocycles.